The Hall–Kier alpha value is -3.49. The number of aryl methyl sites for hydroxylation is 1. The van der Waals surface area contributed by atoms with Gasteiger partial charge in [-0.3, -0.25) is 14.5 Å². The maximum absolute atomic E-state index is 13.6. The van der Waals surface area contributed by atoms with Gasteiger partial charge in [0.15, 0.2) is 0 Å². The predicted octanol–water partition coefficient (Wildman–Crippen LogP) is 3.73. The number of halogens is 1. The Labute approximate surface area is 211 Å². The summed E-state index contributed by atoms with van der Waals surface area (Å²) in [4.78, 5) is 32.5. The van der Waals surface area contributed by atoms with E-state index >= 15 is 0 Å². The minimum Gasteiger partial charge on any atom is -0.464 e. The van der Waals surface area contributed by atoms with Crippen molar-refractivity contribution in [2.75, 3.05) is 45.9 Å². The Bertz CT molecular complexity index is 1130. The summed E-state index contributed by atoms with van der Waals surface area (Å²) in [6, 6.07) is 18.8. The first-order chi connectivity index (χ1) is 17.5. The van der Waals surface area contributed by atoms with Gasteiger partial charge in [-0.1, -0.05) is 30.3 Å². The molecule has 1 aliphatic heterocycles. The van der Waals surface area contributed by atoms with Gasteiger partial charge in [0.25, 0.3) is 5.91 Å². The van der Waals surface area contributed by atoms with E-state index in [9.17, 15) is 14.0 Å². The molecule has 36 heavy (non-hydrogen) atoms. The number of hydrogen-bond donors (Lipinski definition) is 0. The Morgan fingerprint density at radius 1 is 0.917 bits per heavy atom. The molecule has 1 aromatic heterocycles. The van der Waals surface area contributed by atoms with E-state index in [4.69, 9.17) is 9.15 Å². The second kappa shape index (κ2) is 12.5. The Morgan fingerprint density at radius 2 is 1.64 bits per heavy atom. The molecule has 1 aliphatic rings. The molecule has 8 heteroatoms. The lowest BCUT2D eigenvalue weighted by Crippen LogP contribution is -2.47. The molecule has 0 radical (unpaired) electrons. The molecule has 1 fully saturated rings. The third-order valence-corrected chi connectivity index (χ3v) is 6.21. The van der Waals surface area contributed by atoms with Crippen molar-refractivity contribution in [2.45, 2.75) is 20.0 Å². The van der Waals surface area contributed by atoms with E-state index in [1.807, 2.05) is 37.3 Å². The van der Waals surface area contributed by atoms with Gasteiger partial charge in [-0.05, 0) is 48.9 Å². The summed E-state index contributed by atoms with van der Waals surface area (Å²) in [5.74, 6) is 0.677. The number of carbonyl (C=O) groups excluding carboxylic acids is 2. The van der Waals surface area contributed by atoms with Crippen molar-refractivity contribution in [3.63, 3.8) is 0 Å². The van der Waals surface area contributed by atoms with E-state index in [0.717, 1.165) is 24.4 Å². The van der Waals surface area contributed by atoms with Crippen LogP contribution < -0.4 is 0 Å². The van der Waals surface area contributed by atoms with Gasteiger partial charge in [0.2, 0.25) is 5.91 Å². The molecule has 7 nitrogen and oxygen atoms in total. The van der Waals surface area contributed by atoms with Crippen molar-refractivity contribution in [3.8, 4) is 0 Å². The molecule has 0 unspecified atom stereocenters. The van der Waals surface area contributed by atoms with Crippen LogP contribution >= 0.6 is 0 Å². The normalized spacial score (nSPS) is 13.9. The highest BCUT2D eigenvalue weighted by molar-refractivity contribution is 5.96. The molecule has 3 aromatic rings. The zero-order valence-corrected chi connectivity index (χ0v) is 20.6. The van der Waals surface area contributed by atoms with Crippen LogP contribution in [0.3, 0.4) is 0 Å². The zero-order chi connectivity index (χ0) is 25.3. The van der Waals surface area contributed by atoms with Gasteiger partial charge in [0.05, 0.1) is 19.8 Å². The molecule has 2 amide bonds. The molecule has 4 rings (SSSR count). The van der Waals surface area contributed by atoms with Crippen LogP contribution in [0, 0.1) is 12.7 Å². The summed E-state index contributed by atoms with van der Waals surface area (Å²) in [6.45, 7) is 6.32. The van der Waals surface area contributed by atoms with Crippen LogP contribution in [0.5, 0.6) is 0 Å². The number of nitrogens with zero attached hydrogens (tertiary/aromatic N) is 3. The highest BCUT2D eigenvalue weighted by Gasteiger charge is 2.24. The van der Waals surface area contributed by atoms with E-state index in [0.29, 0.717) is 37.6 Å². The SMILES string of the molecule is Cc1ccc(CN(Cc2ccc(F)cc2)C(=O)CN(CCN2CCOCC2)C(=O)c2ccccc2)o1. The zero-order valence-electron chi connectivity index (χ0n) is 20.6. The maximum Gasteiger partial charge on any atom is 0.254 e. The fourth-order valence-electron chi connectivity index (χ4n) is 4.17. The lowest BCUT2D eigenvalue weighted by Gasteiger charge is -2.31. The molecule has 0 spiro atoms. The Kier molecular flexibility index (Phi) is 8.86. The van der Waals surface area contributed by atoms with Crippen molar-refractivity contribution >= 4 is 11.8 Å². The van der Waals surface area contributed by atoms with Gasteiger partial charge in [0, 0.05) is 38.3 Å². The predicted molar refractivity (Wildman–Crippen MR) is 134 cm³/mol. The quantitative estimate of drug-likeness (QED) is 0.431. The molecule has 1 saturated heterocycles. The van der Waals surface area contributed by atoms with E-state index in [1.54, 1.807) is 34.1 Å². The highest BCUT2D eigenvalue weighted by Crippen LogP contribution is 2.15. The van der Waals surface area contributed by atoms with Crippen LogP contribution in [-0.4, -0.2) is 72.5 Å². The number of rotatable bonds is 10. The van der Waals surface area contributed by atoms with Gasteiger partial charge < -0.3 is 19.0 Å². The fourth-order valence-corrected chi connectivity index (χ4v) is 4.17. The van der Waals surface area contributed by atoms with Gasteiger partial charge in [0.1, 0.15) is 23.9 Å². The topological polar surface area (TPSA) is 66.2 Å². The molecule has 0 saturated carbocycles. The van der Waals surface area contributed by atoms with E-state index in [1.165, 1.54) is 12.1 Å². The van der Waals surface area contributed by atoms with Gasteiger partial charge >= 0.3 is 0 Å². The molecule has 2 aromatic carbocycles. The summed E-state index contributed by atoms with van der Waals surface area (Å²) in [6.07, 6.45) is 0. The monoisotopic (exact) mass is 493 g/mol. The average Bonchev–Trinajstić information content (AvgIpc) is 3.32. The van der Waals surface area contributed by atoms with Crippen LogP contribution in [0.25, 0.3) is 0 Å². The number of hydrogen-bond acceptors (Lipinski definition) is 5. The molecule has 190 valence electrons. The third kappa shape index (κ3) is 7.26. The number of furan rings is 1. The Morgan fingerprint density at radius 3 is 2.31 bits per heavy atom. The van der Waals surface area contributed by atoms with Crippen LogP contribution in [0.2, 0.25) is 0 Å². The lowest BCUT2D eigenvalue weighted by atomic mass is 10.2. The van der Waals surface area contributed by atoms with Gasteiger partial charge in [-0.25, -0.2) is 4.39 Å². The number of benzene rings is 2. The van der Waals surface area contributed by atoms with E-state index < -0.39 is 0 Å². The van der Waals surface area contributed by atoms with Crippen molar-refractivity contribution < 1.29 is 23.1 Å². The van der Waals surface area contributed by atoms with Crippen LogP contribution in [0.1, 0.15) is 27.4 Å². The molecule has 0 atom stereocenters. The molecular formula is C28H32FN3O4. The minimum atomic E-state index is -0.332. The molecular weight excluding hydrogens is 461 g/mol. The Balaban J connectivity index is 1.51. The van der Waals surface area contributed by atoms with Crippen LogP contribution in [0.4, 0.5) is 4.39 Å². The minimum absolute atomic E-state index is 0.0705. The number of morpholine rings is 1. The summed E-state index contributed by atoms with van der Waals surface area (Å²) < 4.78 is 24.6. The lowest BCUT2D eigenvalue weighted by molar-refractivity contribution is -0.133. The fraction of sp³-hybridized carbons (Fsp3) is 0.357. The van der Waals surface area contributed by atoms with E-state index in [-0.39, 0.29) is 37.3 Å². The second-order valence-corrected chi connectivity index (χ2v) is 8.94. The summed E-state index contributed by atoms with van der Waals surface area (Å²) >= 11 is 0. The molecule has 2 heterocycles. The summed E-state index contributed by atoms with van der Waals surface area (Å²) in [5, 5.41) is 0. The van der Waals surface area contributed by atoms with Crippen LogP contribution in [0.15, 0.2) is 71.1 Å². The second-order valence-electron chi connectivity index (χ2n) is 8.94. The standard InChI is InChI=1S/C28H32FN3O4/c1-22-7-12-26(36-22)20-32(19-23-8-10-25(29)11-9-23)27(33)21-31(14-13-30-15-17-35-18-16-30)28(34)24-5-3-2-4-6-24/h2-12H,13-21H2,1H3. The molecule has 0 aliphatic carbocycles. The third-order valence-electron chi connectivity index (χ3n) is 6.21. The highest BCUT2D eigenvalue weighted by atomic mass is 19.1. The van der Waals surface area contributed by atoms with Gasteiger partial charge in [-0.15, -0.1) is 0 Å². The maximum atomic E-state index is 13.6. The van der Waals surface area contributed by atoms with Crippen molar-refractivity contribution in [2.24, 2.45) is 0 Å². The first-order valence-electron chi connectivity index (χ1n) is 12.2. The molecule has 0 bridgehead atoms. The number of carbonyl (C=O) groups is 2. The molecule has 0 N–H and O–H groups in total. The van der Waals surface area contributed by atoms with E-state index in [2.05, 4.69) is 4.90 Å². The van der Waals surface area contributed by atoms with Crippen molar-refractivity contribution in [3.05, 3.63) is 95.2 Å². The largest absolute Gasteiger partial charge is 0.464 e. The van der Waals surface area contributed by atoms with Gasteiger partial charge in [-0.2, -0.15) is 0 Å². The average molecular weight is 494 g/mol. The first-order valence-corrected chi connectivity index (χ1v) is 12.2. The number of ether oxygens (including phenoxy) is 1. The van der Waals surface area contributed by atoms with Crippen molar-refractivity contribution in [1.29, 1.82) is 0 Å². The first kappa shape index (κ1) is 25.6. The number of amides is 2. The summed E-state index contributed by atoms with van der Waals surface area (Å²) in [5.41, 5.74) is 1.33. The van der Waals surface area contributed by atoms with Crippen LogP contribution in [-0.2, 0) is 22.6 Å². The summed E-state index contributed by atoms with van der Waals surface area (Å²) in [7, 11) is 0. The smallest absolute Gasteiger partial charge is 0.254 e. The van der Waals surface area contributed by atoms with Crippen molar-refractivity contribution in [1.82, 2.24) is 14.7 Å².